The molecule has 2 heterocycles. The average molecular weight is 638 g/mol. The van der Waals surface area contributed by atoms with Crippen LogP contribution in [0.5, 0.6) is 11.5 Å². The van der Waals surface area contributed by atoms with Crippen LogP contribution in [-0.2, 0) is 0 Å². The summed E-state index contributed by atoms with van der Waals surface area (Å²) < 4.78 is 41.5. The lowest BCUT2D eigenvalue weighted by Gasteiger charge is -2.15. The van der Waals surface area contributed by atoms with E-state index in [1.165, 1.54) is 66.4 Å². The van der Waals surface area contributed by atoms with E-state index in [2.05, 4.69) is 15.6 Å². The van der Waals surface area contributed by atoms with E-state index in [4.69, 9.17) is 14.9 Å². The number of carbonyl (C=O) groups is 2. The smallest absolute Gasteiger partial charge is 0.271 e. The topological polar surface area (TPSA) is 138 Å². The van der Waals surface area contributed by atoms with Crippen molar-refractivity contribution in [2.24, 2.45) is 0 Å². The molecular weight excluding hydrogens is 608 g/mol. The fourth-order valence-electron chi connectivity index (χ4n) is 4.81. The van der Waals surface area contributed by atoms with E-state index in [-0.39, 0.29) is 41.0 Å². The highest BCUT2D eigenvalue weighted by molar-refractivity contribution is 6.06. The van der Waals surface area contributed by atoms with E-state index < -0.39 is 23.1 Å². The van der Waals surface area contributed by atoms with Gasteiger partial charge in [-0.05, 0) is 73.2 Å². The predicted octanol–water partition coefficient (Wildman–Crippen LogP) is 6.19. The Morgan fingerprint density at radius 2 is 1.77 bits per heavy atom. The Hall–Kier alpha value is -6.30. The fourth-order valence-corrected chi connectivity index (χ4v) is 4.81. The summed E-state index contributed by atoms with van der Waals surface area (Å²) in [5, 5.41) is 12.8. The van der Waals surface area contributed by atoms with Gasteiger partial charge < -0.3 is 30.5 Å². The maximum atomic E-state index is 15.4. The summed E-state index contributed by atoms with van der Waals surface area (Å²) in [4.78, 5) is 42.0. The predicted molar refractivity (Wildman–Crippen MR) is 175 cm³/mol. The number of anilines is 1. The number of hydrogen-bond donors (Lipinski definition) is 4. The van der Waals surface area contributed by atoms with Crippen LogP contribution in [0, 0.1) is 17.0 Å². The molecule has 0 aliphatic rings. The van der Waals surface area contributed by atoms with Crippen molar-refractivity contribution >= 4 is 29.5 Å². The van der Waals surface area contributed by atoms with Crippen molar-refractivity contribution in [2.75, 3.05) is 19.0 Å². The number of nitrogens with zero attached hydrogens (tertiary/aromatic N) is 1. The first-order valence-electron chi connectivity index (χ1n) is 14.4. The molecule has 0 unspecified atom stereocenters. The normalized spacial score (nSPS) is 11.1. The van der Waals surface area contributed by atoms with Gasteiger partial charge in [-0.2, -0.15) is 0 Å². The van der Waals surface area contributed by atoms with Crippen LogP contribution in [0.15, 0.2) is 102 Å². The third kappa shape index (κ3) is 7.01. The van der Waals surface area contributed by atoms with Gasteiger partial charge in [-0.3, -0.25) is 19.0 Å². The Morgan fingerprint density at radius 1 is 0.979 bits per heavy atom. The number of carbonyl (C=O) groups excluding carboxylic acids is 2. The van der Waals surface area contributed by atoms with Gasteiger partial charge in [0.05, 0.1) is 12.3 Å². The zero-order valence-corrected chi connectivity index (χ0v) is 25.3. The standard InChI is InChI=1S/C35H29F2N5O5/c1-3-46-29-15-18-42(25-10-7-23(36)8-11-25)35(45)31(29)34(44)41-24-9-12-28(27(37)20-24)47-30(13-16-38)32-26(14-17-40-32)21-5-4-6-22(19-21)33(43)39-2/h4-20,38,40H,3H2,1-2H3,(H,39,43)(H,41,44)/b30-13+,38-16?. The van der Waals surface area contributed by atoms with Crippen molar-refractivity contribution in [3.8, 4) is 28.3 Å². The number of pyridine rings is 1. The van der Waals surface area contributed by atoms with E-state index in [0.29, 0.717) is 28.1 Å². The van der Waals surface area contributed by atoms with Gasteiger partial charge in [0.25, 0.3) is 17.4 Å². The molecule has 5 rings (SSSR count). The highest BCUT2D eigenvalue weighted by atomic mass is 19.1. The number of amides is 2. The third-order valence-corrected chi connectivity index (χ3v) is 6.99. The van der Waals surface area contributed by atoms with Crippen molar-refractivity contribution < 1.29 is 27.8 Å². The lowest BCUT2D eigenvalue weighted by Crippen LogP contribution is -2.29. The minimum atomic E-state index is -0.845. The van der Waals surface area contributed by atoms with Crippen LogP contribution >= 0.6 is 0 Å². The summed E-state index contributed by atoms with van der Waals surface area (Å²) in [5.74, 6) is -2.49. The molecule has 10 nitrogen and oxygen atoms in total. The van der Waals surface area contributed by atoms with Gasteiger partial charge in [0.1, 0.15) is 17.1 Å². The van der Waals surface area contributed by atoms with Crippen molar-refractivity contribution in [3.63, 3.8) is 0 Å². The molecule has 0 atom stereocenters. The van der Waals surface area contributed by atoms with Crippen LogP contribution in [0.3, 0.4) is 0 Å². The fraction of sp³-hybridized carbons (Fsp3) is 0.0857. The second-order valence-electron chi connectivity index (χ2n) is 9.96. The van der Waals surface area contributed by atoms with E-state index in [1.807, 2.05) is 0 Å². The largest absolute Gasteiger partial charge is 0.493 e. The Morgan fingerprint density at radius 3 is 2.47 bits per heavy atom. The van der Waals surface area contributed by atoms with E-state index in [0.717, 1.165) is 12.3 Å². The van der Waals surface area contributed by atoms with Gasteiger partial charge in [-0.15, -0.1) is 0 Å². The highest BCUT2D eigenvalue weighted by Gasteiger charge is 2.22. The number of H-pyrrole nitrogens is 1. The number of benzene rings is 3. The molecular formula is C35H29F2N5O5. The van der Waals surface area contributed by atoms with Gasteiger partial charge in [0, 0.05) is 60.3 Å². The Bertz CT molecular complexity index is 2050. The molecule has 0 saturated carbocycles. The molecule has 12 heteroatoms. The van der Waals surface area contributed by atoms with Crippen molar-refractivity contribution in [1.82, 2.24) is 14.9 Å². The van der Waals surface area contributed by atoms with Crippen LogP contribution in [0.1, 0.15) is 33.3 Å². The zero-order chi connectivity index (χ0) is 33.5. The molecule has 0 radical (unpaired) electrons. The summed E-state index contributed by atoms with van der Waals surface area (Å²) >= 11 is 0. The van der Waals surface area contributed by atoms with Crippen molar-refractivity contribution in [3.05, 3.63) is 136 Å². The van der Waals surface area contributed by atoms with Gasteiger partial charge in [-0.25, -0.2) is 8.78 Å². The first-order valence-corrected chi connectivity index (χ1v) is 14.4. The van der Waals surface area contributed by atoms with E-state index in [1.54, 1.807) is 43.5 Å². The number of allylic oxidation sites excluding steroid dienone is 1. The van der Waals surface area contributed by atoms with Crippen LogP contribution < -0.4 is 25.7 Å². The Labute approximate surface area is 267 Å². The van der Waals surface area contributed by atoms with Gasteiger partial charge >= 0.3 is 0 Å². The molecule has 47 heavy (non-hydrogen) atoms. The molecule has 4 N–H and O–H groups in total. The summed E-state index contributed by atoms with van der Waals surface area (Å²) in [7, 11) is 1.53. The second-order valence-corrected chi connectivity index (χ2v) is 9.96. The molecule has 5 aromatic rings. The van der Waals surface area contributed by atoms with Gasteiger partial charge in [0.2, 0.25) is 0 Å². The van der Waals surface area contributed by atoms with Crippen molar-refractivity contribution in [1.29, 1.82) is 5.41 Å². The maximum Gasteiger partial charge on any atom is 0.271 e. The molecule has 0 aliphatic carbocycles. The summed E-state index contributed by atoms with van der Waals surface area (Å²) in [5.41, 5.74) is 1.53. The number of hydrogen-bond acceptors (Lipinski definition) is 6. The number of rotatable bonds is 11. The molecule has 2 aromatic heterocycles. The number of aromatic amines is 1. The molecule has 3 aromatic carbocycles. The lowest BCUT2D eigenvalue weighted by atomic mass is 10.0. The number of aromatic nitrogens is 2. The molecule has 0 aliphatic heterocycles. The quantitative estimate of drug-likeness (QED) is 0.101. The monoisotopic (exact) mass is 637 g/mol. The molecule has 238 valence electrons. The molecule has 2 amide bonds. The lowest BCUT2D eigenvalue weighted by molar-refractivity contribution is 0.0962. The maximum absolute atomic E-state index is 15.4. The van der Waals surface area contributed by atoms with Crippen LogP contribution in [0.2, 0.25) is 0 Å². The second kappa shape index (κ2) is 14.2. The third-order valence-electron chi connectivity index (χ3n) is 6.99. The minimum Gasteiger partial charge on any atom is -0.493 e. The molecule has 0 saturated heterocycles. The summed E-state index contributed by atoms with van der Waals surface area (Å²) in [6.07, 6.45) is 5.39. The SMILES string of the molecule is CCOc1ccn(-c2ccc(F)cc2)c(=O)c1C(=O)Nc1ccc(O/C(=C/C=N)c2[nH]ccc2-c2cccc(C(=O)NC)c2)c(F)c1. The molecule has 0 fully saturated rings. The summed E-state index contributed by atoms with van der Waals surface area (Å²) in [6.45, 7) is 1.87. The number of nitrogens with one attached hydrogen (secondary N) is 4. The molecule has 0 bridgehead atoms. The van der Waals surface area contributed by atoms with Crippen LogP contribution in [-0.4, -0.2) is 41.2 Å². The van der Waals surface area contributed by atoms with Gasteiger partial charge in [0.15, 0.2) is 17.3 Å². The van der Waals surface area contributed by atoms with Crippen molar-refractivity contribution in [2.45, 2.75) is 6.92 Å². The van der Waals surface area contributed by atoms with Gasteiger partial charge in [-0.1, -0.05) is 12.1 Å². The minimum absolute atomic E-state index is 0.0258. The van der Waals surface area contributed by atoms with E-state index >= 15 is 4.39 Å². The first-order chi connectivity index (χ1) is 22.7. The van der Waals surface area contributed by atoms with Crippen LogP contribution in [0.25, 0.3) is 22.6 Å². The Balaban J connectivity index is 1.41. The highest BCUT2D eigenvalue weighted by Crippen LogP contribution is 2.32. The first kappa shape index (κ1) is 32.1. The zero-order valence-electron chi connectivity index (χ0n) is 25.3. The average Bonchev–Trinajstić information content (AvgIpc) is 3.56. The number of ether oxygens (including phenoxy) is 2. The van der Waals surface area contributed by atoms with E-state index in [9.17, 15) is 18.8 Å². The summed E-state index contributed by atoms with van der Waals surface area (Å²) in [6, 6.07) is 19.0. The molecule has 0 spiro atoms. The van der Waals surface area contributed by atoms with Crippen LogP contribution in [0.4, 0.5) is 14.5 Å². The Kier molecular flexibility index (Phi) is 9.70. The number of halogens is 2.